The van der Waals surface area contributed by atoms with Crippen molar-refractivity contribution in [3.63, 3.8) is 0 Å². The van der Waals surface area contributed by atoms with E-state index >= 15 is 0 Å². The maximum atomic E-state index is 13.6. The minimum atomic E-state index is -1.59. The van der Waals surface area contributed by atoms with Crippen LogP contribution in [0.15, 0.2) is 105 Å². The van der Waals surface area contributed by atoms with Crippen LogP contribution in [0.2, 0.25) is 30.1 Å². The Labute approximate surface area is 397 Å². The molecule has 5 aromatic rings. The first-order chi connectivity index (χ1) is 30.4. The number of carbonyl (C=O) groups is 6. The fourth-order valence-corrected chi connectivity index (χ4v) is 7.49. The molecule has 2 unspecified atom stereocenters. The average Bonchev–Trinajstić information content (AvgIpc) is 3.22. The summed E-state index contributed by atoms with van der Waals surface area (Å²) in [4.78, 5) is 78.7. The number of carbonyl (C=O) groups excluding carboxylic acids is 6. The summed E-state index contributed by atoms with van der Waals surface area (Å²) in [5.41, 5.74) is 2.92. The SMILES string of the molecule is CCc1c(NC(=O)C(N=Nc2cc(Cl)cc(C(=O)Nc3ccc(Cl)cc3Cl)c2)C(C)=O)ccc(NC(=O)C(N=Nc2cc(Cl)cc(C(=O)Nc3ccc(Cl)cc3Cl)c2)C(C)=O)c1CC. The third-order valence-electron chi connectivity index (χ3n) is 9.15. The third kappa shape index (κ3) is 12.9. The van der Waals surface area contributed by atoms with E-state index < -0.39 is 47.3 Å². The van der Waals surface area contributed by atoms with Crippen LogP contribution in [0, 0.1) is 0 Å². The Kier molecular flexibility index (Phi) is 17.1. The molecule has 0 aliphatic rings. The van der Waals surface area contributed by atoms with Gasteiger partial charge >= 0.3 is 0 Å². The van der Waals surface area contributed by atoms with Gasteiger partial charge in [0, 0.05) is 42.6 Å². The number of hydrogen-bond acceptors (Lipinski definition) is 10. The van der Waals surface area contributed by atoms with Gasteiger partial charge in [-0.15, -0.1) is 0 Å². The van der Waals surface area contributed by atoms with Crippen molar-refractivity contribution in [1.82, 2.24) is 0 Å². The molecule has 20 heteroatoms. The van der Waals surface area contributed by atoms with Gasteiger partial charge in [0.2, 0.25) is 12.1 Å². The van der Waals surface area contributed by atoms with Crippen LogP contribution in [-0.2, 0) is 32.0 Å². The van der Waals surface area contributed by atoms with Gasteiger partial charge in [0.1, 0.15) is 0 Å². The molecule has 2 atom stereocenters. The molecule has 5 rings (SSSR count). The van der Waals surface area contributed by atoms with Crippen LogP contribution >= 0.6 is 69.6 Å². The minimum absolute atomic E-state index is 0.0885. The highest BCUT2D eigenvalue weighted by Gasteiger charge is 2.27. The van der Waals surface area contributed by atoms with Crippen molar-refractivity contribution >= 4 is 139 Å². The molecule has 64 heavy (non-hydrogen) atoms. The van der Waals surface area contributed by atoms with Crippen molar-refractivity contribution in [2.75, 3.05) is 21.3 Å². The molecule has 0 fully saturated rings. The number of nitrogens with zero attached hydrogens (tertiary/aromatic N) is 4. The van der Waals surface area contributed by atoms with Gasteiger partial charge in [-0.05, 0) is 123 Å². The number of nitrogens with one attached hydrogen (secondary N) is 4. The van der Waals surface area contributed by atoms with Crippen LogP contribution < -0.4 is 21.3 Å². The standard InChI is InChI=1S/C44H36Cl6N8O6/c1-5-31-32(6-2)36(52-44(64)40(22(4)60)58-56-30-16-24(14-28(48)18-30)42(62)54-38-10-8-26(46)20-34(38)50)12-11-35(31)51-43(63)39(21(3)59)57-55-29-15-23(13-27(47)17-29)41(61)53-37-9-7-25(45)19-33(37)49/h7-20,39-40H,5-6H2,1-4H3,(H,51,63)(H,52,64)(H,53,61)(H,54,62). The van der Waals surface area contributed by atoms with Gasteiger partial charge in [-0.3, -0.25) is 28.8 Å². The zero-order chi connectivity index (χ0) is 46.8. The zero-order valence-corrected chi connectivity index (χ0v) is 38.7. The lowest BCUT2D eigenvalue weighted by atomic mass is 9.98. The summed E-state index contributed by atoms with van der Waals surface area (Å²) >= 11 is 36.9. The van der Waals surface area contributed by atoms with E-state index in [1.807, 2.05) is 13.8 Å². The monoisotopic (exact) mass is 982 g/mol. The van der Waals surface area contributed by atoms with Crippen LogP contribution in [0.3, 0.4) is 0 Å². The number of hydrogen-bond donors (Lipinski definition) is 4. The summed E-state index contributed by atoms with van der Waals surface area (Å²) in [6, 6.07) is 17.3. The molecular weight excluding hydrogens is 949 g/mol. The second-order valence-corrected chi connectivity index (χ2v) is 16.4. The number of halogens is 6. The molecule has 4 amide bonds. The number of ketones is 2. The summed E-state index contributed by atoms with van der Waals surface area (Å²) in [5, 5.41) is 28.4. The fraction of sp³-hybridized carbons (Fsp3) is 0.182. The Morgan fingerprint density at radius 1 is 0.469 bits per heavy atom. The molecule has 0 saturated carbocycles. The van der Waals surface area contributed by atoms with Crippen molar-refractivity contribution in [3.8, 4) is 0 Å². The average molecular weight is 986 g/mol. The van der Waals surface area contributed by atoms with Crippen molar-refractivity contribution in [3.05, 3.63) is 137 Å². The first kappa shape index (κ1) is 49.3. The van der Waals surface area contributed by atoms with E-state index in [4.69, 9.17) is 69.6 Å². The molecule has 14 nitrogen and oxygen atoms in total. The van der Waals surface area contributed by atoms with Gasteiger partial charge in [-0.2, -0.15) is 20.5 Å². The molecule has 5 aromatic carbocycles. The van der Waals surface area contributed by atoms with E-state index in [1.165, 1.54) is 86.6 Å². The van der Waals surface area contributed by atoms with Crippen molar-refractivity contribution in [2.24, 2.45) is 20.5 Å². The molecule has 0 aliphatic heterocycles. The number of Topliss-reactive ketones (excluding diaryl/α,β-unsaturated/α-hetero) is 2. The van der Waals surface area contributed by atoms with Crippen LogP contribution in [0.1, 0.15) is 59.5 Å². The number of amides is 4. The molecule has 4 N–H and O–H groups in total. The highest BCUT2D eigenvalue weighted by Crippen LogP contribution is 2.32. The van der Waals surface area contributed by atoms with Crippen LogP contribution in [0.4, 0.5) is 34.1 Å². The summed E-state index contributed by atoms with van der Waals surface area (Å²) < 4.78 is 0. The number of benzene rings is 5. The smallest absolute Gasteiger partial charge is 0.258 e. The van der Waals surface area contributed by atoms with E-state index in [0.717, 1.165) is 0 Å². The lowest BCUT2D eigenvalue weighted by Gasteiger charge is -2.20. The summed E-state index contributed by atoms with van der Waals surface area (Å²) in [7, 11) is 0. The Hall–Kier alpha value is -5.74. The molecule has 330 valence electrons. The normalized spacial score (nSPS) is 12.2. The fourth-order valence-electron chi connectivity index (χ4n) is 6.12. The quantitative estimate of drug-likeness (QED) is 0.0560. The number of rotatable bonds is 16. The third-order valence-corrected chi connectivity index (χ3v) is 10.7. The lowest BCUT2D eigenvalue weighted by Crippen LogP contribution is -2.33. The number of azo groups is 2. The second kappa shape index (κ2) is 22.2. The molecule has 0 spiro atoms. The highest BCUT2D eigenvalue weighted by atomic mass is 35.5. The van der Waals surface area contributed by atoms with E-state index in [-0.39, 0.29) is 42.6 Å². The first-order valence-corrected chi connectivity index (χ1v) is 21.4. The van der Waals surface area contributed by atoms with Crippen LogP contribution in [-0.4, -0.2) is 47.3 Å². The highest BCUT2D eigenvalue weighted by molar-refractivity contribution is 6.38. The summed E-state index contributed by atoms with van der Waals surface area (Å²) in [6.07, 6.45) is 0.766. The van der Waals surface area contributed by atoms with Gasteiger partial charge in [0.15, 0.2) is 11.6 Å². The molecule has 0 aromatic heterocycles. The van der Waals surface area contributed by atoms with Crippen molar-refractivity contribution in [2.45, 2.75) is 52.6 Å². The molecule has 0 saturated heterocycles. The molecule has 0 radical (unpaired) electrons. The van der Waals surface area contributed by atoms with E-state index in [1.54, 1.807) is 12.1 Å². The molecule has 0 aliphatic carbocycles. The topological polar surface area (TPSA) is 200 Å². The Morgan fingerprint density at radius 3 is 1.16 bits per heavy atom. The number of anilines is 4. The van der Waals surface area contributed by atoms with Gasteiger partial charge < -0.3 is 21.3 Å². The lowest BCUT2D eigenvalue weighted by molar-refractivity contribution is -0.127. The van der Waals surface area contributed by atoms with Crippen LogP contribution in [0.5, 0.6) is 0 Å². The Bertz CT molecular complexity index is 2560. The molecule has 0 heterocycles. The minimum Gasteiger partial charge on any atom is -0.323 e. The first-order valence-electron chi connectivity index (χ1n) is 19.1. The van der Waals surface area contributed by atoms with Gasteiger partial charge in [0.25, 0.3) is 23.6 Å². The van der Waals surface area contributed by atoms with Crippen molar-refractivity contribution < 1.29 is 28.8 Å². The Morgan fingerprint density at radius 2 is 0.828 bits per heavy atom. The second-order valence-electron chi connectivity index (χ2n) is 13.8. The maximum Gasteiger partial charge on any atom is 0.258 e. The molecular formula is C44H36Cl6N8O6. The predicted octanol–water partition coefficient (Wildman–Crippen LogP) is 12.6. The van der Waals surface area contributed by atoms with Gasteiger partial charge in [-0.1, -0.05) is 83.5 Å². The largest absolute Gasteiger partial charge is 0.323 e. The zero-order valence-electron chi connectivity index (χ0n) is 34.2. The van der Waals surface area contributed by atoms with Crippen molar-refractivity contribution in [1.29, 1.82) is 0 Å². The Balaban J connectivity index is 1.31. The summed E-state index contributed by atoms with van der Waals surface area (Å²) in [5.74, 6) is -3.98. The van der Waals surface area contributed by atoms with E-state index in [2.05, 4.69) is 41.7 Å². The molecule has 0 bridgehead atoms. The predicted molar refractivity (Wildman–Crippen MR) is 252 cm³/mol. The van der Waals surface area contributed by atoms with Gasteiger partial charge in [0.05, 0.1) is 32.8 Å². The van der Waals surface area contributed by atoms with E-state index in [0.29, 0.717) is 56.8 Å². The van der Waals surface area contributed by atoms with E-state index in [9.17, 15) is 28.8 Å². The van der Waals surface area contributed by atoms with Crippen LogP contribution in [0.25, 0.3) is 0 Å². The van der Waals surface area contributed by atoms with Gasteiger partial charge in [-0.25, -0.2) is 0 Å². The summed E-state index contributed by atoms with van der Waals surface area (Å²) in [6.45, 7) is 6.03. The maximum absolute atomic E-state index is 13.6.